The van der Waals surface area contributed by atoms with Crippen molar-refractivity contribution < 1.29 is 8.78 Å². The van der Waals surface area contributed by atoms with Gasteiger partial charge >= 0.3 is 0 Å². The van der Waals surface area contributed by atoms with Gasteiger partial charge in [-0.1, -0.05) is 34.1 Å². The highest BCUT2D eigenvalue weighted by Gasteiger charge is 2.09. The number of benzene rings is 2. The number of rotatable bonds is 4. The monoisotopic (exact) mass is 421 g/mol. The van der Waals surface area contributed by atoms with Gasteiger partial charge in [-0.2, -0.15) is 5.10 Å². The van der Waals surface area contributed by atoms with Crippen molar-refractivity contribution in [2.75, 3.05) is 6.54 Å². The Bertz CT molecular complexity index is 954. The fourth-order valence-corrected chi connectivity index (χ4v) is 3.39. The number of hydrogen-bond donors (Lipinski definition) is 0. The molecule has 25 heavy (non-hydrogen) atoms. The SMILES string of the molecule is CCN=c1scc(-c2ccc(Br)cc2)n1N=Cc1c(F)cccc1F. The number of hydrogen-bond acceptors (Lipinski definition) is 3. The molecule has 0 bridgehead atoms. The summed E-state index contributed by atoms with van der Waals surface area (Å²) in [4.78, 5) is 5.06. The maximum Gasteiger partial charge on any atom is 0.206 e. The fraction of sp³-hybridized carbons (Fsp3) is 0.111. The van der Waals surface area contributed by atoms with Gasteiger partial charge in [0, 0.05) is 22.0 Å². The first-order chi connectivity index (χ1) is 12.1. The maximum absolute atomic E-state index is 13.8. The summed E-state index contributed by atoms with van der Waals surface area (Å²) in [6, 6.07) is 11.5. The zero-order valence-electron chi connectivity index (χ0n) is 13.3. The van der Waals surface area contributed by atoms with E-state index in [2.05, 4.69) is 26.0 Å². The Kier molecular flexibility index (Phi) is 5.55. The summed E-state index contributed by atoms with van der Waals surface area (Å²) in [5.41, 5.74) is 1.56. The van der Waals surface area contributed by atoms with Crippen LogP contribution in [0.4, 0.5) is 8.78 Å². The average molecular weight is 422 g/mol. The van der Waals surface area contributed by atoms with Crippen LogP contribution in [0, 0.1) is 11.6 Å². The van der Waals surface area contributed by atoms with E-state index in [1.165, 1.54) is 35.8 Å². The maximum atomic E-state index is 13.8. The molecule has 2 aromatic carbocycles. The molecule has 0 N–H and O–H groups in total. The van der Waals surface area contributed by atoms with Gasteiger partial charge in [0.1, 0.15) is 11.6 Å². The minimum atomic E-state index is -0.654. The second kappa shape index (κ2) is 7.84. The highest BCUT2D eigenvalue weighted by molar-refractivity contribution is 9.10. The van der Waals surface area contributed by atoms with E-state index in [9.17, 15) is 8.78 Å². The average Bonchev–Trinajstić information content (AvgIpc) is 2.98. The van der Waals surface area contributed by atoms with Crippen molar-refractivity contribution >= 4 is 33.5 Å². The van der Waals surface area contributed by atoms with Gasteiger partial charge < -0.3 is 0 Å². The zero-order chi connectivity index (χ0) is 17.8. The highest BCUT2D eigenvalue weighted by Crippen LogP contribution is 2.22. The summed E-state index contributed by atoms with van der Waals surface area (Å²) in [5.74, 6) is -1.31. The number of aromatic nitrogens is 1. The number of thiazole rings is 1. The van der Waals surface area contributed by atoms with Crippen LogP contribution in [0.1, 0.15) is 12.5 Å². The van der Waals surface area contributed by atoms with Crippen molar-refractivity contribution in [3.63, 3.8) is 0 Å². The van der Waals surface area contributed by atoms with Crippen LogP contribution in [0.25, 0.3) is 11.3 Å². The molecule has 0 fully saturated rings. The number of nitrogens with zero attached hydrogens (tertiary/aromatic N) is 3. The molecule has 0 spiro atoms. The Hall–Kier alpha value is -2.12. The van der Waals surface area contributed by atoms with Gasteiger partial charge in [-0.05, 0) is 31.2 Å². The molecule has 0 amide bonds. The lowest BCUT2D eigenvalue weighted by atomic mass is 10.2. The van der Waals surface area contributed by atoms with Crippen molar-refractivity contribution in [2.24, 2.45) is 10.1 Å². The van der Waals surface area contributed by atoms with Crippen LogP contribution in [0.2, 0.25) is 0 Å². The van der Waals surface area contributed by atoms with Gasteiger partial charge in [0.25, 0.3) is 0 Å². The predicted molar refractivity (Wildman–Crippen MR) is 101 cm³/mol. The van der Waals surface area contributed by atoms with Crippen LogP contribution in [0.15, 0.2) is 62.4 Å². The summed E-state index contributed by atoms with van der Waals surface area (Å²) in [7, 11) is 0. The van der Waals surface area contributed by atoms with Gasteiger partial charge in [0.2, 0.25) is 4.80 Å². The first-order valence-electron chi connectivity index (χ1n) is 7.55. The topological polar surface area (TPSA) is 29.6 Å². The van der Waals surface area contributed by atoms with Crippen LogP contribution >= 0.6 is 27.3 Å². The third kappa shape index (κ3) is 3.93. The van der Waals surface area contributed by atoms with E-state index >= 15 is 0 Å². The van der Waals surface area contributed by atoms with Crippen LogP contribution < -0.4 is 4.80 Å². The molecule has 128 valence electrons. The molecule has 3 aromatic rings. The summed E-state index contributed by atoms with van der Waals surface area (Å²) in [6.07, 6.45) is 1.19. The van der Waals surface area contributed by atoms with E-state index < -0.39 is 11.6 Å². The van der Waals surface area contributed by atoms with E-state index in [1.54, 1.807) is 4.68 Å². The third-order valence-electron chi connectivity index (χ3n) is 3.42. The van der Waals surface area contributed by atoms with E-state index in [0.717, 1.165) is 15.7 Å². The van der Waals surface area contributed by atoms with Crippen LogP contribution in [-0.2, 0) is 0 Å². The molecule has 0 saturated carbocycles. The molecule has 3 rings (SSSR count). The van der Waals surface area contributed by atoms with Crippen molar-refractivity contribution in [3.8, 4) is 11.3 Å². The van der Waals surface area contributed by atoms with Crippen molar-refractivity contribution in [3.05, 3.63) is 74.3 Å². The quantitative estimate of drug-likeness (QED) is 0.527. The molecule has 1 aromatic heterocycles. The summed E-state index contributed by atoms with van der Waals surface area (Å²) in [5, 5.41) is 6.22. The summed E-state index contributed by atoms with van der Waals surface area (Å²) < 4.78 is 30.2. The zero-order valence-corrected chi connectivity index (χ0v) is 15.7. The first-order valence-corrected chi connectivity index (χ1v) is 9.22. The van der Waals surface area contributed by atoms with Crippen molar-refractivity contribution in [1.29, 1.82) is 0 Å². The van der Waals surface area contributed by atoms with E-state index in [0.29, 0.717) is 11.3 Å². The molecule has 0 aliphatic rings. The summed E-state index contributed by atoms with van der Waals surface area (Å²) in [6.45, 7) is 2.51. The Morgan fingerprint density at radius 2 is 1.80 bits per heavy atom. The van der Waals surface area contributed by atoms with E-state index in [-0.39, 0.29) is 5.56 Å². The predicted octanol–water partition coefficient (Wildman–Crippen LogP) is 5.06. The Balaban J connectivity index is 2.11. The second-order valence-electron chi connectivity index (χ2n) is 5.08. The smallest absolute Gasteiger partial charge is 0.206 e. The van der Waals surface area contributed by atoms with Gasteiger partial charge in [-0.25, -0.2) is 13.5 Å². The fourth-order valence-electron chi connectivity index (χ4n) is 2.22. The van der Waals surface area contributed by atoms with Crippen LogP contribution in [-0.4, -0.2) is 17.4 Å². The molecule has 7 heteroatoms. The molecular formula is C18H14BrF2N3S. The Morgan fingerprint density at radius 3 is 2.44 bits per heavy atom. The minimum absolute atomic E-state index is 0.176. The standard InChI is InChI=1S/C18H14BrF2N3S/c1-2-22-18-24(23-10-14-15(20)4-3-5-16(14)21)17(11-25-18)12-6-8-13(19)9-7-12/h3-11H,2H2,1H3. The van der Waals surface area contributed by atoms with Gasteiger partial charge in [-0.15, -0.1) is 11.3 Å². The van der Waals surface area contributed by atoms with Crippen LogP contribution in [0.5, 0.6) is 0 Å². The molecular weight excluding hydrogens is 408 g/mol. The van der Waals surface area contributed by atoms with Crippen LogP contribution in [0.3, 0.4) is 0 Å². The molecule has 3 nitrogen and oxygen atoms in total. The Morgan fingerprint density at radius 1 is 1.12 bits per heavy atom. The highest BCUT2D eigenvalue weighted by atomic mass is 79.9. The second-order valence-corrected chi connectivity index (χ2v) is 6.83. The molecule has 0 radical (unpaired) electrons. The van der Waals surface area contributed by atoms with E-state index in [4.69, 9.17) is 0 Å². The van der Waals surface area contributed by atoms with Gasteiger partial charge in [0.05, 0.1) is 17.5 Å². The lowest BCUT2D eigenvalue weighted by Crippen LogP contribution is -2.12. The van der Waals surface area contributed by atoms with Gasteiger partial charge in [-0.3, -0.25) is 4.99 Å². The lowest BCUT2D eigenvalue weighted by molar-refractivity contribution is 0.579. The third-order valence-corrected chi connectivity index (χ3v) is 4.80. The molecule has 1 heterocycles. The first kappa shape index (κ1) is 17.7. The molecule has 0 unspecified atom stereocenters. The summed E-state index contributed by atoms with van der Waals surface area (Å²) >= 11 is 4.83. The molecule has 0 atom stereocenters. The van der Waals surface area contributed by atoms with Crippen molar-refractivity contribution in [1.82, 2.24) is 4.68 Å². The Labute approximate surface area is 156 Å². The lowest BCUT2D eigenvalue weighted by Gasteiger charge is -2.04. The van der Waals surface area contributed by atoms with Gasteiger partial charge in [0.15, 0.2) is 0 Å². The molecule has 0 aliphatic carbocycles. The van der Waals surface area contributed by atoms with Crippen molar-refractivity contribution in [2.45, 2.75) is 6.92 Å². The minimum Gasteiger partial charge on any atom is -0.258 e. The molecule has 0 aliphatic heterocycles. The normalized spacial score (nSPS) is 12.2. The van der Waals surface area contributed by atoms with E-state index in [1.807, 2.05) is 36.6 Å². The largest absolute Gasteiger partial charge is 0.258 e. The molecule has 0 saturated heterocycles. The number of halogens is 3.